The van der Waals surface area contributed by atoms with Gasteiger partial charge in [-0.2, -0.15) is 5.26 Å². The molecule has 1 unspecified atom stereocenters. The van der Waals surface area contributed by atoms with Gasteiger partial charge < -0.3 is 19.5 Å². The third kappa shape index (κ3) is 3.95. The Labute approximate surface area is 157 Å². The lowest BCUT2D eigenvalue weighted by Crippen LogP contribution is -2.35. The van der Waals surface area contributed by atoms with Crippen molar-refractivity contribution in [2.24, 2.45) is 0 Å². The van der Waals surface area contributed by atoms with E-state index in [2.05, 4.69) is 56.5 Å². The molecular weight excluding hydrogens is 342 g/mol. The van der Waals surface area contributed by atoms with E-state index in [4.69, 9.17) is 10.00 Å². The summed E-state index contributed by atoms with van der Waals surface area (Å²) in [7, 11) is 2.11. The van der Waals surface area contributed by atoms with Crippen LogP contribution < -0.4 is 5.32 Å². The van der Waals surface area contributed by atoms with Crippen molar-refractivity contribution < 1.29 is 4.74 Å². The third-order valence-electron chi connectivity index (χ3n) is 4.44. The molecule has 0 bridgehead atoms. The molecule has 2 aromatic heterocycles. The van der Waals surface area contributed by atoms with Gasteiger partial charge in [-0.15, -0.1) is 0 Å². The minimum absolute atomic E-state index is 0.118. The molecule has 1 fully saturated rings. The van der Waals surface area contributed by atoms with Gasteiger partial charge in [0, 0.05) is 18.8 Å². The summed E-state index contributed by atoms with van der Waals surface area (Å²) in [5.41, 5.74) is 2.46. The lowest BCUT2D eigenvalue weighted by atomic mass is 10.1. The molecule has 27 heavy (non-hydrogen) atoms. The highest BCUT2D eigenvalue weighted by molar-refractivity contribution is 5.51. The predicted molar refractivity (Wildman–Crippen MR) is 99.8 cm³/mol. The maximum atomic E-state index is 8.76. The van der Waals surface area contributed by atoms with E-state index in [1.807, 2.05) is 16.8 Å². The summed E-state index contributed by atoms with van der Waals surface area (Å²) < 4.78 is 7.79. The lowest BCUT2D eigenvalue weighted by Gasteiger charge is -2.30. The number of rotatable bonds is 4. The molecule has 1 saturated heterocycles. The highest BCUT2D eigenvalue weighted by Crippen LogP contribution is 2.23. The van der Waals surface area contributed by atoms with Crippen molar-refractivity contribution in [3.63, 3.8) is 0 Å². The van der Waals surface area contributed by atoms with Crippen LogP contribution in [0.2, 0.25) is 0 Å². The molecule has 1 aromatic carbocycles. The number of anilines is 2. The van der Waals surface area contributed by atoms with Gasteiger partial charge in [-0.1, -0.05) is 12.1 Å². The van der Waals surface area contributed by atoms with Crippen molar-refractivity contribution in [2.45, 2.75) is 6.10 Å². The maximum Gasteiger partial charge on any atom is 0.158 e. The number of nitrogens with zero attached hydrogens (tertiary/aromatic N) is 6. The molecule has 1 aliphatic rings. The SMILES string of the molecule is CN1CCOC(c2ccc(-n3cnc(Nc4cnc(C#N)cn4)c3)cc2)C1. The van der Waals surface area contributed by atoms with E-state index < -0.39 is 0 Å². The molecule has 1 aliphatic heterocycles. The number of benzene rings is 1. The third-order valence-corrected chi connectivity index (χ3v) is 4.44. The molecule has 1 atom stereocenters. The zero-order valence-corrected chi connectivity index (χ0v) is 14.9. The first-order valence-corrected chi connectivity index (χ1v) is 8.65. The first kappa shape index (κ1) is 17.1. The minimum Gasteiger partial charge on any atom is -0.371 e. The molecule has 1 N–H and O–H groups in total. The standard InChI is InChI=1S/C19H19N7O/c1-25-6-7-27-17(11-25)14-2-4-16(5-3-14)26-12-19(23-13-26)24-18-10-21-15(8-20)9-22-18/h2-5,9-10,12-13,17H,6-7,11H2,1H3,(H,22,24). The highest BCUT2D eigenvalue weighted by atomic mass is 16.5. The number of hydrogen-bond donors (Lipinski definition) is 1. The zero-order valence-electron chi connectivity index (χ0n) is 14.9. The Hall–Kier alpha value is -3.28. The first-order valence-electron chi connectivity index (χ1n) is 8.65. The van der Waals surface area contributed by atoms with E-state index >= 15 is 0 Å². The Morgan fingerprint density at radius 3 is 2.70 bits per heavy atom. The van der Waals surface area contributed by atoms with Gasteiger partial charge in [-0.3, -0.25) is 0 Å². The van der Waals surface area contributed by atoms with E-state index in [0.717, 1.165) is 25.4 Å². The van der Waals surface area contributed by atoms with Crippen LogP contribution in [0.5, 0.6) is 0 Å². The van der Waals surface area contributed by atoms with Crippen LogP contribution in [0.15, 0.2) is 49.2 Å². The Bertz CT molecular complexity index is 943. The van der Waals surface area contributed by atoms with E-state index in [-0.39, 0.29) is 11.8 Å². The molecular formula is C19H19N7O. The molecule has 8 nitrogen and oxygen atoms in total. The normalized spacial score (nSPS) is 17.4. The molecule has 136 valence electrons. The van der Waals surface area contributed by atoms with Crippen LogP contribution in [-0.4, -0.2) is 51.2 Å². The second-order valence-electron chi connectivity index (χ2n) is 6.40. The van der Waals surface area contributed by atoms with Gasteiger partial charge >= 0.3 is 0 Å². The van der Waals surface area contributed by atoms with E-state index in [0.29, 0.717) is 11.6 Å². The fourth-order valence-corrected chi connectivity index (χ4v) is 2.95. The molecule has 0 aliphatic carbocycles. The summed E-state index contributed by atoms with van der Waals surface area (Å²) in [6, 6.07) is 10.2. The Balaban J connectivity index is 1.45. The Kier molecular flexibility index (Phi) is 4.78. The van der Waals surface area contributed by atoms with Crippen molar-refractivity contribution in [1.29, 1.82) is 5.26 Å². The summed E-state index contributed by atoms with van der Waals surface area (Å²) >= 11 is 0. The number of likely N-dealkylation sites (N-methyl/N-ethyl adjacent to an activating group) is 1. The molecule has 0 amide bonds. The fourth-order valence-electron chi connectivity index (χ4n) is 2.95. The maximum absolute atomic E-state index is 8.76. The highest BCUT2D eigenvalue weighted by Gasteiger charge is 2.19. The summed E-state index contributed by atoms with van der Waals surface area (Å²) in [4.78, 5) is 14.7. The topological polar surface area (TPSA) is 91.9 Å². The van der Waals surface area contributed by atoms with Crippen LogP contribution in [0.3, 0.4) is 0 Å². The second-order valence-corrected chi connectivity index (χ2v) is 6.40. The van der Waals surface area contributed by atoms with Crippen LogP contribution in [0.1, 0.15) is 17.4 Å². The quantitative estimate of drug-likeness (QED) is 0.762. The summed E-state index contributed by atoms with van der Waals surface area (Å²) in [6.07, 6.45) is 6.66. The fraction of sp³-hybridized carbons (Fsp3) is 0.263. The summed E-state index contributed by atoms with van der Waals surface area (Å²) in [6.45, 7) is 2.64. The van der Waals surface area contributed by atoms with Crippen molar-refractivity contribution in [2.75, 3.05) is 32.1 Å². The van der Waals surface area contributed by atoms with Crippen LogP contribution >= 0.6 is 0 Å². The zero-order chi connectivity index (χ0) is 18.6. The second kappa shape index (κ2) is 7.53. The number of nitriles is 1. The number of imidazole rings is 1. The van der Waals surface area contributed by atoms with Crippen LogP contribution in [0, 0.1) is 11.3 Å². The smallest absolute Gasteiger partial charge is 0.158 e. The van der Waals surface area contributed by atoms with E-state index in [1.165, 1.54) is 18.0 Å². The first-order chi connectivity index (χ1) is 13.2. The van der Waals surface area contributed by atoms with Crippen molar-refractivity contribution in [1.82, 2.24) is 24.4 Å². The van der Waals surface area contributed by atoms with Crippen molar-refractivity contribution in [3.8, 4) is 11.8 Å². The van der Waals surface area contributed by atoms with Crippen LogP contribution in [-0.2, 0) is 4.74 Å². The number of aromatic nitrogens is 4. The van der Waals surface area contributed by atoms with Crippen LogP contribution in [0.4, 0.5) is 11.6 Å². The largest absolute Gasteiger partial charge is 0.371 e. The predicted octanol–water partition coefficient (Wildman–Crippen LogP) is 2.28. The van der Waals surface area contributed by atoms with Gasteiger partial charge in [0.1, 0.15) is 24.0 Å². The van der Waals surface area contributed by atoms with E-state index in [9.17, 15) is 0 Å². The number of ether oxygens (including phenoxy) is 1. The van der Waals surface area contributed by atoms with Crippen molar-refractivity contribution >= 4 is 11.6 Å². The average molecular weight is 361 g/mol. The van der Waals surface area contributed by atoms with Gasteiger partial charge in [0.2, 0.25) is 0 Å². The average Bonchev–Trinajstić information content (AvgIpc) is 3.17. The number of nitrogens with one attached hydrogen (secondary N) is 1. The Morgan fingerprint density at radius 2 is 2.00 bits per heavy atom. The molecule has 0 radical (unpaired) electrons. The number of morpholine rings is 1. The molecule has 3 heterocycles. The van der Waals surface area contributed by atoms with Gasteiger partial charge in [0.05, 0.1) is 31.3 Å². The number of hydrogen-bond acceptors (Lipinski definition) is 7. The Morgan fingerprint density at radius 1 is 1.15 bits per heavy atom. The van der Waals surface area contributed by atoms with E-state index in [1.54, 1.807) is 6.33 Å². The monoisotopic (exact) mass is 361 g/mol. The summed E-state index contributed by atoms with van der Waals surface area (Å²) in [5.74, 6) is 1.18. The van der Waals surface area contributed by atoms with Crippen molar-refractivity contribution in [3.05, 3.63) is 60.4 Å². The minimum atomic E-state index is 0.118. The van der Waals surface area contributed by atoms with Gasteiger partial charge in [0.25, 0.3) is 0 Å². The van der Waals surface area contributed by atoms with Gasteiger partial charge in [0.15, 0.2) is 5.69 Å². The molecule has 0 spiro atoms. The summed E-state index contributed by atoms with van der Waals surface area (Å²) in [5, 5.41) is 11.8. The van der Waals surface area contributed by atoms with Gasteiger partial charge in [-0.05, 0) is 24.7 Å². The van der Waals surface area contributed by atoms with Gasteiger partial charge in [-0.25, -0.2) is 15.0 Å². The lowest BCUT2D eigenvalue weighted by molar-refractivity contribution is -0.0208. The van der Waals surface area contributed by atoms with Crippen LogP contribution in [0.25, 0.3) is 5.69 Å². The molecule has 4 rings (SSSR count). The molecule has 3 aromatic rings. The molecule has 8 heteroatoms. The molecule has 0 saturated carbocycles.